The second-order valence-electron chi connectivity index (χ2n) is 6.60. The average Bonchev–Trinajstić information content (AvgIpc) is 2.78. The van der Waals surface area contributed by atoms with E-state index in [2.05, 4.69) is 10.2 Å². The first-order chi connectivity index (χ1) is 10.7. The van der Waals surface area contributed by atoms with E-state index in [0.29, 0.717) is 11.8 Å². The molecule has 1 aromatic rings. The molecule has 5 nitrogen and oxygen atoms in total. The van der Waals surface area contributed by atoms with Gasteiger partial charge in [0.05, 0.1) is 13.2 Å². The molecule has 0 spiro atoms. The number of amides is 1. The van der Waals surface area contributed by atoms with Crippen molar-refractivity contribution in [2.45, 2.75) is 26.3 Å². The van der Waals surface area contributed by atoms with E-state index in [0.717, 1.165) is 57.1 Å². The van der Waals surface area contributed by atoms with E-state index >= 15 is 0 Å². The van der Waals surface area contributed by atoms with Gasteiger partial charge in [-0.2, -0.15) is 0 Å². The van der Waals surface area contributed by atoms with Crippen LogP contribution in [-0.4, -0.2) is 44.2 Å². The van der Waals surface area contributed by atoms with Crippen LogP contribution in [0.15, 0.2) is 16.5 Å². The highest BCUT2D eigenvalue weighted by Crippen LogP contribution is 2.34. The first kappa shape index (κ1) is 15.6. The first-order valence-corrected chi connectivity index (χ1v) is 8.21. The van der Waals surface area contributed by atoms with Crippen molar-refractivity contribution in [3.8, 4) is 0 Å². The Balaban J connectivity index is 1.65. The Morgan fingerprint density at radius 3 is 2.91 bits per heavy atom. The summed E-state index contributed by atoms with van der Waals surface area (Å²) in [7, 11) is 1.74. The second kappa shape index (κ2) is 6.84. The number of nitrogens with zero attached hydrogens (tertiary/aromatic N) is 1. The Labute approximate surface area is 132 Å². The zero-order valence-corrected chi connectivity index (χ0v) is 13.5. The average molecular weight is 306 g/mol. The predicted octanol–water partition coefficient (Wildman–Crippen LogP) is 1.81. The van der Waals surface area contributed by atoms with Gasteiger partial charge in [0, 0.05) is 25.5 Å². The Hall–Kier alpha value is -1.33. The van der Waals surface area contributed by atoms with Crippen molar-refractivity contribution in [2.75, 3.05) is 33.4 Å². The number of aryl methyl sites for hydroxylation is 1. The molecule has 22 heavy (non-hydrogen) atoms. The van der Waals surface area contributed by atoms with Crippen molar-refractivity contribution < 1.29 is 13.9 Å². The number of nitrogens with one attached hydrogen (secondary N) is 1. The Kier molecular flexibility index (Phi) is 4.84. The third kappa shape index (κ3) is 3.36. The SMILES string of the molecule is COC[C@@H]1CNC(=O)[C@H]2CCN(Cc3ccc(C)o3)CC[C@@H]12. The molecule has 0 aliphatic carbocycles. The van der Waals surface area contributed by atoms with Crippen LogP contribution >= 0.6 is 0 Å². The molecule has 0 saturated carbocycles. The molecule has 1 N–H and O–H groups in total. The van der Waals surface area contributed by atoms with Crippen LogP contribution in [0.2, 0.25) is 0 Å². The molecule has 2 aliphatic rings. The lowest BCUT2D eigenvalue weighted by atomic mass is 9.75. The number of furan rings is 1. The van der Waals surface area contributed by atoms with Gasteiger partial charge in [-0.1, -0.05) is 0 Å². The van der Waals surface area contributed by atoms with Gasteiger partial charge in [-0.3, -0.25) is 9.69 Å². The van der Waals surface area contributed by atoms with Crippen LogP contribution in [-0.2, 0) is 16.1 Å². The van der Waals surface area contributed by atoms with Gasteiger partial charge in [-0.05, 0) is 50.9 Å². The Bertz CT molecular complexity index is 514. The van der Waals surface area contributed by atoms with E-state index in [9.17, 15) is 4.79 Å². The number of rotatable bonds is 4. The number of carbonyl (C=O) groups excluding carboxylic acids is 1. The molecule has 0 aromatic carbocycles. The number of fused-ring (bicyclic) bond motifs is 1. The van der Waals surface area contributed by atoms with Crippen LogP contribution in [0.25, 0.3) is 0 Å². The smallest absolute Gasteiger partial charge is 0.223 e. The number of carbonyl (C=O) groups is 1. The summed E-state index contributed by atoms with van der Waals surface area (Å²) in [6.07, 6.45) is 1.99. The lowest BCUT2D eigenvalue weighted by Gasteiger charge is -2.36. The highest BCUT2D eigenvalue weighted by Gasteiger charge is 2.40. The standard InChI is InChI=1S/C17H26N2O3/c1-12-3-4-14(22-12)10-19-7-5-15-13(11-21-2)9-18-17(20)16(15)6-8-19/h3-4,13,15-16H,5-11H2,1-2H3,(H,18,20)/t13-,15-,16-/m0/s1. The molecule has 2 fully saturated rings. The summed E-state index contributed by atoms with van der Waals surface area (Å²) in [5, 5.41) is 3.06. The van der Waals surface area contributed by atoms with Gasteiger partial charge in [-0.15, -0.1) is 0 Å². The minimum Gasteiger partial charge on any atom is -0.465 e. The van der Waals surface area contributed by atoms with Gasteiger partial charge in [-0.25, -0.2) is 0 Å². The fourth-order valence-corrected chi connectivity index (χ4v) is 3.93. The number of hydrogen-bond donors (Lipinski definition) is 1. The summed E-state index contributed by atoms with van der Waals surface area (Å²) in [5.41, 5.74) is 0. The maximum Gasteiger partial charge on any atom is 0.223 e. The van der Waals surface area contributed by atoms with Crippen molar-refractivity contribution in [3.05, 3.63) is 23.7 Å². The number of piperidine rings is 1. The molecule has 0 unspecified atom stereocenters. The maximum atomic E-state index is 12.2. The van der Waals surface area contributed by atoms with Gasteiger partial charge in [0.25, 0.3) is 0 Å². The molecule has 0 radical (unpaired) electrons. The van der Waals surface area contributed by atoms with Crippen LogP contribution in [0.1, 0.15) is 24.4 Å². The van der Waals surface area contributed by atoms with Crippen LogP contribution in [0.4, 0.5) is 0 Å². The molecule has 1 amide bonds. The second-order valence-corrected chi connectivity index (χ2v) is 6.60. The van der Waals surface area contributed by atoms with E-state index in [-0.39, 0.29) is 11.8 Å². The molecule has 3 atom stereocenters. The zero-order valence-electron chi connectivity index (χ0n) is 13.5. The Morgan fingerprint density at radius 1 is 1.36 bits per heavy atom. The third-order valence-electron chi connectivity index (χ3n) is 5.09. The van der Waals surface area contributed by atoms with Gasteiger partial charge in [0.15, 0.2) is 0 Å². The van der Waals surface area contributed by atoms with Crippen molar-refractivity contribution in [1.29, 1.82) is 0 Å². The Morgan fingerprint density at radius 2 is 2.18 bits per heavy atom. The summed E-state index contributed by atoms with van der Waals surface area (Å²) < 4.78 is 11.0. The van der Waals surface area contributed by atoms with Crippen LogP contribution in [0.5, 0.6) is 0 Å². The van der Waals surface area contributed by atoms with E-state index in [1.54, 1.807) is 7.11 Å². The van der Waals surface area contributed by atoms with E-state index < -0.39 is 0 Å². The van der Waals surface area contributed by atoms with Gasteiger partial charge in [0.2, 0.25) is 5.91 Å². The van der Waals surface area contributed by atoms with E-state index in [1.807, 2.05) is 19.1 Å². The van der Waals surface area contributed by atoms with Crippen molar-refractivity contribution >= 4 is 5.91 Å². The fraction of sp³-hybridized carbons (Fsp3) is 0.706. The number of methoxy groups -OCH3 is 1. The van der Waals surface area contributed by atoms with Crippen LogP contribution in [0.3, 0.4) is 0 Å². The minimum absolute atomic E-state index is 0.136. The molecule has 5 heteroatoms. The largest absolute Gasteiger partial charge is 0.465 e. The third-order valence-corrected chi connectivity index (χ3v) is 5.09. The monoisotopic (exact) mass is 306 g/mol. The fourth-order valence-electron chi connectivity index (χ4n) is 3.93. The van der Waals surface area contributed by atoms with E-state index in [1.165, 1.54) is 0 Å². The molecule has 122 valence electrons. The highest BCUT2D eigenvalue weighted by atomic mass is 16.5. The maximum absolute atomic E-state index is 12.2. The predicted molar refractivity (Wildman–Crippen MR) is 83.3 cm³/mol. The van der Waals surface area contributed by atoms with Gasteiger partial charge >= 0.3 is 0 Å². The molecule has 3 heterocycles. The molecule has 1 aromatic heterocycles. The van der Waals surface area contributed by atoms with Crippen molar-refractivity contribution in [1.82, 2.24) is 10.2 Å². The summed E-state index contributed by atoms with van der Waals surface area (Å²) >= 11 is 0. The molecular weight excluding hydrogens is 280 g/mol. The minimum atomic E-state index is 0.136. The van der Waals surface area contributed by atoms with Crippen LogP contribution < -0.4 is 5.32 Å². The quantitative estimate of drug-likeness (QED) is 0.922. The molecule has 3 rings (SSSR count). The summed E-state index contributed by atoms with van der Waals surface area (Å²) in [6, 6.07) is 4.06. The van der Waals surface area contributed by atoms with Gasteiger partial charge < -0.3 is 14.5 Å². The summed E-state index contributed by atoms with van der Waals surface area (Å²) in [4.78, 5) is 14.6. The molecule has 0 bridgehead atoms. The number of ether oxygens (including phenoxy) is 1. The topological polar surface area (TPSA) is 54.7 Å². The van der Waals surface area contributed by atoms with Crippen molar-refractivity contribution in [3.63, 3.8) is 0 Å². The lowest BCUT2D eigenvalue weighted by Crippen LogP contribution is -2.49. The number of hydrogen-bond acceptors (Lipinski definition) is 4. The summed E-state index contributed by atoms with van der Waals surface area (Å²) in [6.45, 7) is 6.27. The summed E-state index contributed by atoms with van der Waals surface area (Å²) in [5.74, 6) is 3.22. The molecule has 2 saturated heterocycles. The van der Waals surface area contributed by atoms with Crippen LogP contribution in [0, 0.1) is 24.7 Å². The first-order valence-electron chi connectivity index (χ1n) is 8.21. The van der Waals surface area contributed by atoms with Gasteiger partial charge in [0.1, 0.15) is 11.5 Å². The highest BCUT2D eigenvalue weighted by molar-refractivity contribution is 5.79. The zero-order chi connectivity index (χ0) is 15.5. The number of likely N-dealkylation sites (tertiary alicyclic amines) is 1. The van der Waals surface area contributed by atoms with E-state index in [4.69, 9.17) is 9.15 Å². The van der Waals surface area contributed by atoms with Crippen molar-refractivity contribution in [2.24, 2.45) is 17.8 Å². The molecular formula is C17H26N2O3. The molecule has 2 aliphatic heterocycles. The lowest BCUT2D eigenvalue weighted by molar-refractivity contribution is -0.131. The normalized spacial score (nSPS) is 29.7.